The normalized spacial score (nSPS) is 11.2. The standard InChI is InChI=1S/C30H22N2O2/c1-33-25-11-7-19(8-12-25)29-27-17-23-15-21-5-3-4-6-22(21)16-24(23)18-28(27)30(32-31-29)20-9-13-26(34-2)14-10-20/h3-18H,1-2H3. The average molecular weight is 443 g/mol. The molecule has 1 heterocycles. The zero-order valence-electron chi connectivity index (χ0n) is 18.9. The molecule has 5 aromatic carbocycles. The van der Waals surface area contributed by atoms with E-state index in [4.69, 9.17) is 19.7 Å². The fraction of sp³-hybridized carbons (Fsp3) is 0.0667. The van der Waals surface area contributed by atoms with Gasteiger partial charge < -0.3 is 9.47 Å². The molecule has 164 valence electrons. The number of benzene rings is 5. The minimum atomic E-state index is 0.813. The maximum absolute atomic E-state index is 5.34. The van der Waals surface area contributed by atoms with E-state index in [1.807, 2.05) is 48.5 Å². The third-order valence-corrected chi connectivity index (χ3v) is 6.33. The van der Waals surface area contributed by atoms with Gasteiger partial charge >= 0.3 is 0 Å². The Labute approximate surface area is 197 Å². The van der Waals surface area contributed by atoms with Gasteiger partial charge in [-0.15, -0.1) is 10.2 Å². The van der Waals surface area contributed by atoms with Gasteiger partial charge in [0.15, 0.2) is 0 Å². The summed E-state index contributed by atoms with van der Waals surface area (Å²) in [4.78, 5) is 0. The van der Waals surface area contributed by atoms with Gasteiger partial charge in [-0.3, -0.25) is 0 Å². The molecule has 0 saturated carbocycles. The molecular weight excluding hydrogens is 420 g/mol. The van der Waals surface area contributed by atoms with Gasteiger partial charge in [-0.2, -0.15) is 0 Å². The molecule has 0 bridgehead atoms. The predicted octanol–water partition coefficient (Wildman–Crippen LogP) is 7.29. The minimum absolute atomic E-state index is 0.813. The largest absolute Gasteiger partial charge is 0.497 e. The molecule has 4 nitrogen and oxygen atoms in total. The number of aromatic nitrogens is 2. The average Bonchev–Trinajstić information content (AvgIpc) is 2.90. The summed E-state index contributed by atoms with van der Waals surface area (Å²) in [5.41, 5.74) is 3.70. The van der Waals surface area contributed by atoms with E-state index in [-0.39, 0.29) is 0 Å². The molecule has 0 saturated heterocycles. The molecule has 6 aromatic rings. The van der Waals surface area contributed by atoms with Crippen molar-refractivity contribution in [1.29, 1.82) is 0 Å². The minimum Gasteiger partial charge on any atom is -0.497 e. The van der Waals surface area contributed by atoms with E-state index in [1.54, 1.807) is 14.2 Å². The van der Waals surface area contributed by atoms with Gasteiger partial charge in [-0.25, -0.2) is 0 Å². The lowest BCUT2D eigenvalue weighted by Gasteiger charge is -2.13. The molecule has 0 radical (unpaired) electrons. The van der Waals surface area contributed by atoms with Crippen LogP contribution in [0.4, 0.5) is 0 Å². The Morgan fingerprint density at radius 1 is 0.471 bits per heavy atom. The lowest BCUT2D eigenvalue weighted by molar-refractivity contribution is 0.414. The van der Waals surface area contributed by atoms with Crippen LogP contribution in [0.15, 0.2) is 97.1 Å². The Bertz CT molecular complexity index is 1530. The van der Waals surface area contributed by atoms with Crippen LogP contribution >= 0.6 is 0 Å². The van der Waals surface area contributed by atoms with Gasteiger partial charge in [0.1, 0.15) is 22.9 Å². The summed E-state index contributed by atoms with van der Waals surface area (Å²) in [6.07, 6.45) is 0. The van der Waals surface area contributed by atoms with Gasteiger partial charge in [0.25, 0.3) is 0 Å². The maximum Gasteiger partial charge on any atom is 0.118 e. The van der Waals surface area contributed by atoms with Crippen molar-refractivity contribution in [2.45, 2.75) is 0 Å². The number of rotatable bonds is 4. The molecule has 1 aromatic heterocycles. The molecule has 0 atom stereocenters. The monoisotopic (exact) mass is 442 g/mol. The number of methoxy groups -OCH3 is 2. The van der Waals surface area contributed by atoms with E-state index < -0.39 is 0 Å². The smallest absolute Gasteiger partial charge is 0.118 e. The first kappa shape index (κ1) is 20.2. The highest BCUT2D eigenvalue weighted by atomic mass is 16.5. The topological polar surface area (TPSA) is 44.2 Å². The van der Waals surface area contributed by atoms with Crippen LogP contribution in [0, 0.1) is 0 Å². The van der Waals surface area contributed by atoms with Gasteiger partial charge in [-0.1, -0.05) is 24.3 Å². The van der Waals surface area contributed by atoms with Crippen LogP contribution in [0.5, 0.6) is 11.5 Å². The zero-order valence-corrected chi connectivity index (χ0v) is 18.9. The molecule has 0 fully saturated rings. The van der Waals surface area contributed by atoms with Crippen LogP contribution in [0.1, 0.15) is 0 Å². The summed E-state index contributed by atoms with van der Waals surface area (Å²) in [7, 11) is 3.34. The highest BCUT2D eigenvalue weighted by Gasteiger charge is 2.15. The van der Waals surface area contributed by atoms with Crippen molar-refractivity contribution in [3.63, 3.8) is 0 Å². The van der Waals surface area contributed by atoms with Crippen LogP contribution in [0.25, 0.3) is 54.8 Å². The van der Waals surface area contributed by atoms with E-state index >= 15 is 0 Å². The molecule has 0 N–H and O–H groups in total. The first-order valence-corrected chi connectivity index (χ1v) is 11.2. The summed E-state index contributed by atoms with van der Waals surface area (Å²) in [5, 5.41) is 16.3. The van der Waals surface area contributed by atoms with Gasteiger partial charge in [0, 0.05) is 21.9 Å². The third kappa shape index (κ3) is 3.41. The van der Waals surface area contributed by atoms with Crippen LogP contribution in [0.2, 0.25) is 0 Å². The first-order chi connectivity index (χ1) is 16.7. The van der Waals surface area contributed by atoms with Crippen molar-refractivity contribution in [2.24, 2.45) is 0 Å². The van der Waals surface area contributed by atoms with E-state index in [2.05, 4.69) is 48.5 Å². The Hall–Kier alpha value is -4.44. The number of fused-ring (bicyclic) bond motifs is 3. The van der Waals surface area contributed by atoms with Crippen LogP contribution in [0.3, 0.4) is 0 Å². The van der Waals surface area contributed by atoms with Crippen molar-refractivity contribution in [3.05, 3.63) is 97.1 Å². The molecule has 0 aliphatic carbocycles. The molecule has 0 aliphatic rings. The number of hydrogen-bond donors (Lipinski definition) is 0. The Morgan fingerprint density at radius 2 is 0.882 bits per heavy atom. The summed E-state index contributed by atoms with van der Waals surface area (Å²) < 4.78 is 10.7. The van der Waals surface area contributed by atoms with Crippen LogP contribution in [-0.2, 0) is 0 Å². The van der Waals surface area contributed by atoms with Crippen molar-refractivity contribution < 1.29 is 9.47 Å². The molecule has 0 aliphatic heterocycles. The number of ether oxygens (including phenoxy) is 2. The Morgan fingerprint density at radius 3 is 1.26 bits per heavy atom. The summed E-state index contributed by atoms with van der Waals surface area (Å²) in [6, 6.07) is 33.3. The third-order valence-electron chi connectivity index (χ3n) is 6.33. The van der Waals surface area contributed by atoms with E-state index in [0.717, 1.165) is 44.8 Å². The second kappa shape index (κ2) is 8.16. The van der Waals surface area contributed by atoms with E-state index in [9.17, 15) is 0 Å². The van der Waals surface area contributed by atoms with Crippen LogP contribution in [-0.4, -0.2) is 24.4 Å². The van der Waals surface area contributed by atoms with E-state index in [1.165, 1.54) is 21.5 Å². The molecule has 4 heteroatoms. The highest BCUT2D eigenvalue weighted by molar-refractivity contribution is 6.11. The molecular formula is C30H22N2O2. The first-order valence-electron chi connectivity index (χ1n) is 11.2. The molecule has 6 rings (SSSR count). The quantitative estimate of drug-likeness (QED) is 0.269. The molecule has 0 unspecified atom stereocenters. The Balaban J connectivity index is 1.65. The van der Waals surface area contributed by atoms with E-state index in [0.29, 0.717) is 0 Å². The summed E-state index contributed by atoms with van der Waals surface area (Å²) in [5.74, 6) is 1.63. The zero-order chi connectivity index (χ0) is 23.1. The van der Waals surface area contributed by atoms with Crippen molar-refractivity contribution in [2.75, 3.05) is 14.2 Å². The van der Waals surface area contributed by atoms with Crippen LogP contribution < -0.4 is 9.47 Å². The molecule has 0 spiro atoms. The highest BCUT2D eigenvalue weighted by Crippen LogP contribution is 2.37. The second-order valence-corrected chi connectivity index (χ2v) is 8.30. The number of nitrogens with zero attached hydrogens (tertiary/aromatic N) is 2. The van der Waals surface area contributed by atoms with Crippen molar-refractivity contribution >= 4 is 32.3 Å². The Kier molecular flexibility index (Phi) is 4.84. The van der Waals surface area contributed by atoms with Gasteiger partial charge in [0.05, 0.1) is 14.2 Å². The van der Waals surface area contributed by atoms with Crippen molar-refractivity contribution in [3.8, 4) is 34.0 Å². The lowest BCUT2D eigenvalue weighted by atomic mass is 9.95. The maximum atomic E-state index is 5.34. The SMILES string of the molecule is COc1ccc(-c2nnc(-c3ccc(OC)cc3)c3cc4cc5ccccc5cc4cc23)cc1. The van der Waals surface area contributed by atoms with Gasteiger partial charge in [0.2, 0.25) is 0 Å². The fourth-order valence-corrected chi connectivity index (χ4v) is 4.52. The predicted molar refractivity (Wildman–Crippen MR) is 139 cm³/mol. The number of hydrogen-bond acceptors (Lipinski definition) is 4. The molecule has 0 amide bonds. The second-order valence-electron chi connectivity index (χ2n) is 8.30. The summed E-state index contributed by atoms with van der Waals surface area (Å²) >= 11 is 0. The van der Waals surface area contributed by atoms with Gasteiger partial charge in [-0.05, 0) is 94.3 Å². The van der Waals surface area contributed by atoms with Crippen molar-refractivity contribution in [1.82, 2.24) is 10.2 Å². The summed E-state index contributed by atoms with van der Waals surface area (Å²) in [6.45, 7) is 0. The lowest BCUT2D eigenvalue weighted by Crippen LogP contribution is -1.96. The fourth-order valence-electron chi connectivity index (χ4n) is 4.52. The molecule has 34 heavy (non-hydrogen) atoms.